The molecule has 0 aromatic heterocycles. The summed E-state index contributed by atoms with van der Waals surface area (Å²) in [7, 11) is 0. The monoisotopic (exact) mass is 618 g/mol. The van der Waals surface area contributed by atoms with Crippen LogP contribution in [0.1, 0.15) is 33.4 Å². The van der Waals surface area contributed by atoms with Crippen LogP contribution >= 0.6 is 0 Å². The van der Waals surface area contributed by atoms with Crippen LogP contribution in [0.25, 0.3) is 76.8 Å². The summed E-state index contributed by atoms with van der Waals surface area (Å²) in [6.45, 7) is 8.37. The maximum absolute atomic E-state index is 4.18. The van der Waals surface area contributed by atoms with Crippen LogP contribution in [0.3, 0.4) is 0 Å². The average Bonchev–Trinajstić information content (AvgIpc) is 3.77. The van der Waals surface area contributed by atoms with Crippen molar-refractivity contribution in [2.24, 2.45) is 0 Å². The molecule has 0 heteroatoms. The molecule has 1 spiro atoms. The van der Waals surface area contributed by atoms with Crippen molar-refractivity contribution in [3.05, 3.63) is 204 Å². The lowest BCUT2D eigenvalue weighted by Crippen LogP contribution is -2.26. The lowest BCUT2D eigenvalue weighted by molar-refractivity contribution is 0.795. The zero-order valence-electron chi connectivity index (χ0n) is 26.9. The van der Waals surface area contributed by atoms with Crippen LogP contribution in [0.2, 0.25) is 0 Å². The third kappa shape index (κ3) is 3.11. The van der Waals surface area contributed by atoms with Crippen molar-refractivity contribution in [2.75, 3.05) is 0 Å². The van der Waals surface area contributed by atoms with E-state index in [9.17, 15) is 0 Å². The first-order chi connectivity index (χ1) is 24.3. The van der Waals surface area contributed by atoms with Crippen LogP contribution in [0.15, 0.2) is 171 Å². The first-order valence-corrected chi connectivity index (χ1v) is 17.1. The van der Waals surface area contributed by atoms with Gasteiger partial charge in [-0.05, 0) is 116 Å². The maximum atomic E-state index is 4.18. The first kappa shape index (κ1) is 26.8. The molecule has 0 fully saturated rings. The molecular formula is C49H30. The van der Waals surface area contributed by atoms with E-state index in [1.807, 2.05) is 12.2 Å². The third-order valence-corrected chi connectivity index (χ3v) is 11.6. The van der Waals surface area contributed by atoms with E-state index in [1.54, 1.807) is 0 Å². The molecule has 8 aromatic carbocycles. The molecule has 0 unspecified atom stereocenters. The molecule has 0 amide bonds. The van der Waals surface area contributed by atoms with Crippen LogP contribution in [0.5, 0.6) is 0 Å². The molecule has 0 saturated heterocycles. The fourth-order valence-corrected chi connectivity index (χ4v) is 9.80. The van der Waals surface area contributed by atoms with E-state index in [4.69, 9.17) is 0 Å². The molecular weight excluding hydrogens is 589 g/mol. The van der Waals surface area contributed by atoms with Crippen molar-refractivity contribution in [1.29, 1.82) is 0 Å². The molecule has 0 saturated carbocycles. The van der Waals surface area contributed by atoms with Crippen molar-refractivity contribution in [3.8, 4) is 33.4 Å². The molecule has 0 atom stereocenters. The Balaban J connectivity index is 1.34. The quantitative estimate of drug-likeness (QED) is 0.185. The Morgan fingerprint density at radius 2 is 0.918 bits per heavy atom. The van der Waals surface area contributed by atoms with Gasteiger partial charge in [0.05, 0.1) is 5.41 Å². The lowest BCUT2D eigenvalue weighted by Gasteiger charge is -2.31. The normalized spacial score (nSPS) is 14.4. The molecule has 11 rings (SSSR count). The molecule has 0 bridgehead atoms. The Bertz CT molecular complexity index is 2790. The second kappa shape index (κ2) is 9.43. The van der Waals surface area contributed by atoms with Crippen molar-refractivity contribution in [2.45, 2.75) is 5.41 Å². The standard InChI is InChI=1S/C49H30/c1-3-30-31(4-2)40-26-25-34(38-21-13-20-37(30)46(38)40)41-28-45-48(39-19-8-7-16-33(39)41)47-32-15-6-5-14-29(32)24-27-44(47)49(45)42-22-11-9-17-35(42)36-18-10-12-23-43(36)49/h3-28H,1-2H2. The minimum atomic E-state index is -0.441. The van der Waals surface area contributed by atoms with Crippen LogP contribution in [-0.4, -0.2) is 0 Å². The minimum absolute atomic E-state index is 0.441. The highest BCUT2D eigenvalue weighted by Gasteiger charge is 2.52. The number of hydrogen-bond acceptors (Lipinski definition) is 0. The summed E-state index contributed by atoms with van der Waals surface area (Å²) in [6.07, 6.45) is 3.97. The molecule has 0 N–H and O–H groups in total. The maximum Gasteiger partial charge on any atom is 0.0726 e. The second-order valence-electron chi connectivity index (χ2n) is 13.6. The summed E-state index contributed by atoms with van der Waals surface area (Å²) in [6, 6.07) is 54.9. The summed E-state index contributed by atoms with van der Waals surface area (Å²) in [5.41, 5.74) is 17.7. The average molecular weight is 619 g/mol. The summed E-state index contributed by atoms with van der Waals surface area (Å²) in [5, 5.41) is 7.70. The number of allylic oxidation sites excluding steroid dienone is 4. The van der Waals surface area contributed by atoms with E-state index in [0.717, 1.165) is 11.1 Å². The van der Waals surface area contributed by atoms with Gasteiger partial charge in [0.1, 0.15) is 0 Å². The zero-order chi connectivity index (χ0) is 32.4. The largest absolute Gasteiger partial charge is 0.0984 e. The Morgan fingerprint density at radius 1 is 0.367 bits per heavy atom. The van der Waals surface area contributed by atoms with Gasteiger partial charge in [0, 0.05) is 0 Å². The third-order valence-electron chi connectivity index (χ3n) is 11.6. The van der Waals surface area contributed by atoms with Gasteiger partial charge in [-0.25, -0.2) is 0 Å². The van der Waals surface area contributed by atoms with Gasteiger partial charge < -0.3 is 0 Å². The molecule has 8 aromatic rings. The zero-order valence-corrected chi connectivity index (χ0v) is 26.9. The fraction of sp³-hybridized carbons (Fsp3) is 0.0204. The molecule has 0 nitrogen and oxygen atoms in total. The Kier molecular flexibility index (Phi) is 5.16. The number of benzene rings is 8. The SMILES string of the molecule is C=CC1=C(C=C)c2ccc(-c3cc4c(c5ccccc35)-c3c(ccc5ccccc35)C43c4ccccc4-c4ccccc43)c3cccc1c23. The molecule has 3 aliphatic carbocycles. The van der Waals surface area contributed by atoms with Crippen molar-refractivity contribution >= 4 is 43.5 Å². The smallest absolute Gasteiger partial charge is 0.0726 e. The highest BCUT2D eigenvalue weighted by molar-refractivity contribution is 6.23. The second-order valence-corrected chi connectivity index (χ2v) is 13.6. The van der Waals surface area contributed by atoms with E-state index >= 15 is 0 Å². The van der Waals surface area contributed by atoms with Crippen LogP contribution < -0.4 is 0 Å². The predicted octanol–water partition coefficient (Wildman–Crippen LogP) is 12.8. The van der Waals surface area contributed by atoms with Gasteiger partial charge in [0.2, 0.25) is 0 Å². The van der Waals surface area contributed by atoms with Gasteiger partial charge >= 0.3 is 0 Å². The Morgan fingerprint density at radius 3 is 1.65 bits per heavy atom. The number of hydrogen-bond donors (Lipinski definition) is 0. The van der Waals surface area contributed by atoms with Crippen LogP contribution in [-0.2, 0) is 5.41 Å². The van der Waals surface area contributed by atoms with E-state index in [0.29, 0.717) is 0 Å². The molecule has 0 aliphatic heterocycles. The van der Waals surface area contributed by atoms with Crippen molar-refractivity contribution < 1.29 is 0 Å². The van der Waals surface area contributed by atoms with Crippen molar-refractivity contribution in [3.63, 3.8) is 0 Å². The Hall–Kier alpha value is -6.24. The number of fused-ring (bicyclic) bond motifs is 14. The lowest BCUT2D eigenvalue weighted by atomic mass is 9.69. The van der Waals surface area contributed by atoms with Gasteiger partial charge in [-0.3, -0.25) is 0 Å². The summed E-state index contributed by atoms with van der Waals surface area (Å²) >= 11 is 0. The topological polar surface area (TPSA) is 0 Å². The summed E-state index contributed by atoms with van der Waals surface area (Å²) in [4.78, 5) is 0. The first-order valence-electron chi connectivity index (χ1n) is 17.1. The minimum Gasteiger partial charge on any atom is -0.0984 e. The summed E-state index contributed by atoms with van der Waals surface area (Å²) < 4.78 is 0. The van der Waals surface area contributed by atoms with Crippen LogP contribution in [0.4, 0.5) is 0 Å². The summed E-state index contributed by atoms with van der Waals surface area (Å²) in [5.74, 6) is 0. The van der Waals surface area contributed by atoms with Gasteiger partial charge in [-0.1, -0.05) is 165 Å². The Labute approximate surface area is 285 Å². The van der Waals surface area contributed by atoms with Gasteiger partial charge in [-0.2, -0.15) is 0 Å². The fourth-order valence-electron chi connectivity index (χ4n) is 9.80. The van der Waals surface area contributed by atoms with E-state index in [1.165, 1.54) is 99.1 Å². The molecule has 3 aliphatic rings. The predicted molar refractivity (Wildman–Crippen MR) is 208 cm³/mol. The highest BCUT2D eigenvalue weighted by atomic mass is 14.5. The molecule has 226 valence electrons. The van der Waals surface area contributed by atoms with Gasteiger partial charge in [0.15, 0.2) is 0 Å². The van der Waals surface area contributed by atoms with Gasteiger partial charge in [-0.15, -0.1) is 0 Å². The van der Waals surface area contributed by atoms with E-state index in [-0.39, 0.29) is 0 Å². The van der Waals surface area contributed by atoms with Gasteiger partial charge in [0.25, 0.3) is 0 Å². The van der Waals surface area contributed by atoms with Crippen molar-refractivity contribution in [1.82, 2.24) is 0 Å². The molecule has 49 heavy (non-hydrogen) atoms. The number of rotatable bonds is 3. The van der Waals surface area contributed by atoms with E-state index < -0.39 is 5.41 Å². The molecule has 0 heterocycles. The highest BCUT2D eigenvalue weighted by Crippen LogP contribution is 2.65. The molecule has 0 radical (unpaired) electrons. The van der Waals surface area contributed by atoms with Crippen LogP contribution in [0, 0.1) is 0 Å². The van der Waals surface area contributed by atoms with E-state index in [2.05, 4.69) is 159 Å².